The van der Waals surface area contributed by atoms with Gasteiger partial charge in [-0.15, -0.1) is 0 Å². The first kappa shape index (κ1) is 18.5. The van der Waals surface area contributed by atoms with Crippen molar-refractivity contribution in [1.29, 1.82) is 0 Å². The molecule has 2 aromatic carbocycles. The van der Waals surface area contributed by atoms with Gasteiger partial charge in [0.2, 0.25) is 5.91 Å². The van der Waals surface area contributed by atoms with E-state index in [0.29, 0.717) is 18.5 Å². The van der Waals surface area contributed by atoms with Crippen LogP contribution in [-0.2, 0) is 17.6 Å². The number of carbonyl (C=O) groups is 2. The Morgan fingerprint density at radius 2 is 1.76 bits per heavy atom. The fraction of sp³-hybridized carbons (Fsp3) is 0.300. The van der Waals surface area contributed by atoms with Crippen LogP contribution in [0.1, 0.15) is 34.3 Å². The van der Waals surface area contributed by atoms with Crippen LogP contribution in [0.5, 0.6) is 5.75 Å². The number of benzene rings is 2. The van der Waals surface area contributed by atoms with Crippen LogP contribution >= 0.6 is 0 Å². The Bertz CT molecular complexity index is 710. The van der Waals surface area contributed by atoms with Crippen molar-refractivity contribution < 1.29 is 19.4 Å². The zero-order valence-electron chi connectivity index (χ0n) is 14.3. The first-order valence-corrected chi connectivity index (χ1v) is 8.31. The van der Waals surface area contributed by atoms with Crippen LogP contribution in [0.2, 0.25) is 0 Å². The number of aromatic carboxylic acids is 1. The maximum absolute atomic E-state index is 11.9. The van der Waals surface area contributed by atoms with Crippen molar-refractivity contribution in [2.75, 3.05) is 13.7 Å². The standard InChI is InChI=1S/C20H23NO4/c1-25-17-11-8-15(9-12-17)5-4-14-21-19(22)13-10-16-6-2-3-7-18(16)20(23)24/h2-3,6-9,11-12H,4-5,10,13-14H2,1H3,(H,21,22)(H,23,24). The zero-order valence-corrected chi connectivity index (χ0v) is 14.3. The second-order valence-corrected chi connectivity index (χ2v) is 5.76. The lowest BCUT2D eigenvalue weighted by Crippen LogP contribution is -2.25. The van der Waals surface area contributed by atoms with Crippen LogP contribution in [-0.4, -0.2) is 30.6 Å². The molecule has 25 heavy (non-hydrogen) atoms. The largest absolute Gasteiger partial charge is 0.497 e. The molecule has 0 saturated carbocycles. The number of hydrogen-bond donors (Lipinski definition) is 2. The van der Waals surface area contributed by atoms with E-state index >= 15 is 0 Å². The predicted molar refractivity (Wildman–Crippen MR) is 96.0 cm³/mol. The van der Waals surface area contributed by atoms with Crippen molar-refractivity contribution in [3.05, 3.63) is 65.2 Å². The lowest BCUT2D eigenvalue weighted by molar-refractivity contribution is -0.121. The Labute approximate surface area is 147 Å². The number of carboxylic acid groups (broad SMARTS) is 1. The maximum Gasteiger partial charge on any atom is 0.335 e. The number of methoxy groups -OCH3 is 1. The topological polar surface area (TPSA) is 75.6 Å². The van der Waals surface area contributed by atoms with Gasteiger partial charge in [-0.05, 0) is 48.6 Å². The van der Waals surface area contributed by atoms with Crippen LogP contribution in [0, 0.1) is 0 Å². The Hall–Kier alpha value is -2.82. The van der Waals surface area contributed by atoms with Gasteiger partial charge in [0.1, 0.15) is 5.75 Å². The number of hydrogen-bond acceptors (Lipinski definition) is 3. The van der Waals surface area contributed by atoms with Crippen LogP contribution in [0.25, 0.3) is 0 Å². The Kier molecular flexibility index (Phi) is 7.01. The number of nitrogens with one attached hydrogen (secondary N) is 1. The first-order valence-electron chi connectivity index (χ1n) is 8.31. The summed E-state index contributed by atoms with van der Waals surface area (Å²) in [6, 6.07) is 14.7. The summed E-state index contributed by atoms with van der Waals surface area (Å²) in [5.41, 5.74) is 2.14. The Morgan fingerprint density at radius 1 is 1.04 bits per heavy atom. The molecule has 0 unspecified atom stereocenters. The van der Waals surface area contributed by atoms with E-state index in [0.717, 1.165) is 18.6 Å². The third kappa shape index (κ3) is 5.95. The maximum atomic E-state index is 11.9. The van der Waals surface area contributed by atoms with Crippen LogP contribution < -0.4 is 10.1 Å². The highest BCUT2D eigenvalue weighted by Gasteiger charge is 2.10. The third-order valence-electron chi connectivity index (χ3n) is 3.99. The average Bonchev–Trinajstić information content (AvgIpc) is 2.64. The molecule has 1 amide bonds. The smallest absolute Gasteiger partial charge is 0.335 e. The summed E-state index contributed by atoms with van der Waals surface area (Å²) in [6.45, 7) is 0.603. The van der Waals surface area contributed by atoms with Crippen molar-refractivity contribution in [3.8, 4) is 5.75 Å². The summed E-state index contributed by atoms with van der Waals surface area (Å²) in [5.74, 6) is -0.191. The fourth-order valence-electron chi connectivity index (χ4n) is 2.60. The molecule has 132 valence electrons. The highest BCUT2D eigenvalue weighted by atomic mass is 16.5. The van der Waals surface area contributed by atoms with Crippen molar-refractivity contribution in [3.63, 3.8) is 0 Å². The van der Waals surface area contributed by atoms with E-state index in [-0.39, 0.29) is 17.9 Å². The Morgan fingerprint density at radius 3 is 2.44 bits per heavy atom. The van der Waals surface area contributed by atoms with Gasteiger partial charge in [0.25, 0.3) is 0 Å². The van der Waals surface area contributed by atoms with E-state index in [1.807, 2.05) is 24.3 Å². The molecule has 0 aliphatic carbocycles. The average molecular weight is 341 g/mol. The SMILES string of the molecule is COc1ccc(CCCNC(=O)CCc2ccccc2C(=O)O)cc1. The molecule has 0 aliphatic heterocycles. The van der Waals surface area contributed by atoms with E-state index in [9.17, 15) is 9.59 Å². The quantitative estimate of drug-likeness (QED) is 0.687. The minimum atomic E-state index is -0.963. The molecule has 0 aromatic heterocycles. The van der Waals surface area contributed by atoms with Crippen LogP contribution in [0.3, 0.4) is 0 Å². The first-order chi connectivity index (χ1) is 12.1. The number of carbonyl (C=O) groups excluding carboxylic acids is 1. The van der Waals surface area contributed by atoms with E-state index in [4.69, 9.17) is 9.84 Å². The molecule has 0 bridgehead atoms. The van der Waals surface area contributed by atoms with Gasteiger partial charge in [0.05, 0.1) is 12.7 Å². The van der Waals surface area contributed by atoms with Crippen molar-refractivity contribution in [2.24, 2.45) is 0 Å². The van der Waals surface area contributed by atoms with Gasteiger partial charge < -0.3 is 15.2 Å². The summed E-state index contributed by atoms with van der Waals surface area (Å²) < 4.78 is 5.12. The van der Waals surface area contributed by atoms with Crippen molar-refractivity contribution in [1.82, 2.24) is 5.32 Å². The van der Waals surface area contributed by atoms with Gasteiger partial charge in [-0.25, -0.2) is 4.79 Å². The summed E-state index contributed by atoms with van der Waals surface area (Å²) in [4.78, 5) is 23.1. The summed E-state index contributed by atoms with van der Waals surface area (Å²) in [6.07, 6.45) is 2.44. The molecule has 0 saturated heterocycles. The molecular weight excluding hydrogens is 318 g/mol. The van der Waals surface area contributed by atoms with E-state index in [2.05, 4.69) is 5.32 Å². The summed E-state index contributed by atoms with van der Waals surface area (Å²) >= 11 is 0. The molecule has 2 aromatic rings. The number of aryl methyl sites for hydroxylation is 2. The molecule has 5 nitrogen and oxygen atoms in total. The lowest BCUT2D eigenvalue weighted by atomic mass is 10.0. The van der Waals surface area contributed by atoms with Gasteiger partial charge in [-0.1, -0.05) is 30.3 Å². The minimum absolute atomic E-state index is 0.0603. The molecule has 0 fully saturated rings. The fourth-order valence-corrected chi connectivity index (χ4v) is 2.60. The molecule has 0 spiro atoms. The number of ether oxygens (including phenoxy) is 1. The predicted octanol–water partition coefficient (Wildman–Crippen LogP) is 3.08. The zero-order chi connectivity index (χ0) is 18.1. The molecular formula is C20H23NO4. The van der Waals surface area contributed by atoms with Gasteiger partial charge in [0, 0.05) is 13.0 Å². The monoisotopic (exact) mass is 341 g/mol. The van der Waals surface area contributed by atoms with Crippen molar-refractivity contribution >= 4 is 11.9 Å². The molecule has 0 atom stereocenters. The molecule has 2 N–H and O–H groups in total. The molecule has 0 aliphatic rings. The number of amides is 1. The molecule has 5 heteroatoms. The second-order valence-electron chi connectivity index (χ2n) is 5.76. The lowest BCUT2D eigenvalue weighted by Gasteiger charge is -2.08. The number of rotatable bonds is 9. The van der Waals surface area contributed by atoms with E-state index in [1.165, 1.54) is 5.56 Å². The molecule has 2 rings (SSSR count). The normalized spacial score (nSPS) is 10.3. The molecule has 0 radical (unpaired) electrons. The van der Waals surface area contributed by atoms with Crippen molar-refractivity contribution in [2.45, 2.75) is 25.7 Å². The highest BCUT2D eigenvalue weighted by Crippen LogP contribution is 2.13. The second kappa shape index (κ2) is 9.47. The summed E-state index contributed by atoms with van der Waals surface area (Å²) in [7, 11) is 1.64. The van der Waals surface area contributed by atoms with E-state index < -0.39 is 5.97 Å². The van der Waals surface area contributed by atoms with Crippen LogP contribution in [0.4, 0.5) is 0 Å². The highest BCUT2D eigenvalue weighted by molar-refractivity contribution is 5.89. The van der Waals surface area contributed by atoms with Crippen LogP contribution in [0.15, 0.2) is 48.5 Å². The third-order valence-corrected chi connectivity index (χ3v) is 3.99. The van der Waals surface area contributed by atoms with Gasteiger partial charge >= 0.3 is 5.97 Å². The van der Waals surface area contributed by atoms with Gasteiger partial charge in [0.15, 0.2) is 0 Å². The Balaban J connectivity index is 1.69. The van der Waals surface area contributed by atoms with Gasteiger partial charge in [-0.2, -0.15) is 0 Å². The van der Waals surface area contributed by atoms with E-state index in [1.54, 1.807) is 31.4 Å². The molecule has 0 heterocycles. The van der Waals surface area contributed by atoms with Gasteiger partial charge in [-0.3, -0.25) is 4.79 Å². The number of carboxylic acids is 1. The minimum Gasteiger partial charge on any atom is -0.497 e. The summed E-state index contributed by atoms with van der Waals surface area (Å²) in [5, 5.41) is 12.0.